The Morgan fingerprint density at radius 2 is 2.10 bits per heavy atom. The van der Waals surface area contributed by atoms with Crippen LogP contribution in [0.2, 0.25) is 5.02 Å². The van der Waals surface area contributed by atoms with E-state index >= 15 is 0 Å². The Morgan fingerprint density at radius 3 is 2.80 bits per heavy atom. The molecule has 2 N–H and O–H groups in total. The molecule has 20 heavy (non-hydrogen) atoms. The van der Waals surface area contributed by atoms with E-state index < -0.39 is 0 Å². The number of halogens is 3. The first-order valence-electron chi connectivity index (χ1n) is 5.86. The van der Waals surface area contributed by atoms with Gasteiger partial charge in [-0.05, 0) is 52.7 Å². The predicted octanol–water partition coefficient (Wildman–Crippen LogP) is 4.45. The Balaban J connectivity index is 2.29. The molecule has 2 aromatic heterocycles. The van der Waals surface area contributed by atoms with Crippen LogP contribution in [0.3, 0.4) is 0 Å². The van der Waals surface area contributed by atoms with Crippen molar-refractivity contribution >= 4 is 39.0 Å². The number of fused-ring (bicyclic) bond motifs is 1. The van der Waals surface area contributed by atoms with Crippen molar-refractivity contribution in [1.29, 1.82) is 0 Å². The Labute approximate surface area is 128 Å². The van der Waals surface area contributed by atoms with Gasteiger partial charge in [-0.15, -0.1) is 0 Å². The third-order valence-electron chi connectivity index (χ3n) is 3.13. The van der Waals surface area contributed by atoms with Crippen molar-refractivity contribution in [2.24, 2.45) is 0 Å². The zero-order chi connectivity index (χ0) is 14.4. The molecule has 0 aliphatic heterocycles. The zero-order valence-corrected chi connectivity index (χ0v) is 12.8. The van der Waals surface area contributed by atoms with Gasteiger partial charge in [0.15, 0.2) is 0 Å². The van der Waals surface area contributed by atoms with Gasteiger partial charge in [0.05, 0.1) is 5.02 Å². The molecule has 0 spiro atoms. The summed E-state index contributed by atoms with van der Waals surface area (Å²) in [5.41, 5.74) is 9.06. The van der Waals surface area contributed by atoms with E-state index in [-0.39, 0.29) is 10.8 Å². The number of nitrogen functional groups attached to an aromatic ring is 1. The van der Waals surface area contributed by atoms with Gasteiger partial charge >= 0.3 is 0 Å². The molecular weight excluding hydrogens is 345 g/mol. The van der Waals surface area contributed by atoms with Crippen molar-refractivity contribution in [2.75, 3.05) is 5.73 Å². The van der Waals surface area contributed by atoms with Crippen LogP contribution in [0.4, 0.5) is 10.2 Å². The largest absolute Gasteiger partial charge is 0.383 e. The molecule has 0 saturated heterocycles. The molecule has 2 heterocycles. The summed E-state index contributed by atoms with van der Waals surface area (Å²) in [7, 11) is 0. The molecule has 6 heteroatoms. The van der Waals surface area contributed by atoms with Crippen molar-refractivity contribution in [3.05, 3.63) is 51.3 Å². The predicted molar refractivity (Wildman–Crippen MR) is 82.4 cm³/mol. The van der Waals surface area contributed by atoms with E-state index in [2.05, 4.69) is 20.9 Å². The molecule has 0 unspecified atom stereocenters. The van der Waals surface area contributed by atoms with Crippen LogP contribution in [0.1, 0.15) is 5.56 Å². The number of rotatable bonds is 1. The summed E-state index contributed by atoms with van der Waals surface area (Å²) in [6, 6.07) is 6.09. The average molecular weight is 355 g/mol. The minimum absolute atomic E-state index is 0.288. The minimum Gasteiger partial charge on any atom is -0.383 e. The summed E-state index contributed by atoms with van der Waals surface area (Å²) in [5.74, 6) is 0.0777. The van der Waals surface area contributed by atoms with Crippen LogP contribution in [0.15, 0.2) is 34.9 Å². The summed E-state index contributed by atoms with van der Waals surface area (Å²) in [4.78, 5) is 4.49. The number of anilines is 1. The maximum Gasteiger partial charge on any atom is 0.139 e. The van der Waals surface area contributed by atoms with Crippen LogP contribution < -0.4 is 5.73 Å². The van der Waals surface area contributed by atoms with Crippen LogP contribution in [0.5, 0.6) is 0 Å². The van der Waals surface area contributed by atoms with E-state index in [1.165, 1.54) is 12.1 Å². The third-order valence-corrected chi connectivity index (χ3v) is 4.27. The monoisotopic (exact) mass is 353 g/mol. The summed E-state index contributed by atoms with van der Waals surface area (Å²) < 4.78 is 15.8. The van der Waals surface area contributed by atoms with Crippen molar-refractivity contribution in [1.82, 2.24) is 9.38 Å². The maximum atomic E-state index is 13.1. The highest BCUT2D eigenvalue weighted by Crippen LogP contribution is 2.33. The van der Waals surface area contributed by atoms with E-state index in [1.807, 2.05) is 19.2 Å². The lowest BCUT2D eigenvalue weighted by Crippen LogP contribution is -1.95. The lowest BCUT2D eigenvalue weighted by Gasteiger charge is -2.03. The van der Waals surface area contributed by atoms with Gasteiger partial charge in [-0.3, -0.25) is 4.40 Å². The fourth-order valence-corrected chi connectivity index (χ4v) is 2.63. The quantitative estimate of drug-likeness (QED) is 0.702. The van der Waals surface area contributed by atoms with Gasteiger partial charge in [-0.25, -0.2) is 9.37 Å². The van der Waals surface area contributed by atoms with E-state index in [0.717, 1.165) is 15.7 Å². The molecule has 0 aliphatic carbocycles. The van der Waals surface area contributed by atoms with Gasteiger partial charge < -0.3 is 5.73 Å². The van der Waals surface area contributed by atoms with Crippen LogP contribution >= 0.6 is 27.5 Å². The van der Waals surface area contributed by atoms with Gasteiger partial charge in [-0.2, -0.15) is 0 Å². The summed E-state index contributed by atoms with van der Waals surface area (Å²) >= 11 is 9.53. The zero-order valence-electron chi connectivity index (χ0n) is 10.5. The second kappa shape index (κ2) is 4.75. The fraction of sp³-hybridized carbons (Fsp3) is 0.0714. The van der Waals surface area contributed by atoms with Crippen molar-refractivity contribution in [2.45, 2.75) is 6.92 Å². The highest BCUT2D eigenvalue weighted by atomic mass is 79.9. The lowest BCUT2D eigenvalue weighted by molar-refractivity contribution is 0.628. The Kier molecular flexibility index (Phi) is 3.18. The molecular formula is C14H10BrClFN3. The summed E-state index contributed by atoms with van der Waals surface area (Å²) in [6.07, 6.45) is 1.86. The second-order valence-electron chi connectivity index (χ2n) is 4.50. The molecule has 3 nitrogen and oxygen atoms in total. The number of aromatic nitrogens is 2. The normalized spacial score (nSPS) is 11.2. The number of hydrogen-bond acceptors (Lipinski definition) is 2. The van der Waals surface area contributed by atoms with Crippen molar-refractivity contribution in [3.63, 3.8) is 0 Å². The SMILES string of the molecule is Cc1cc2nc(-c3ccc(F)cc3Cl)c(N)n2cc1Br. The number of nitrogens with zero attached hydrogens (tertiary/aromatic N) is 2. The van der Waals surface area contributed by atoms with Crippen LogP contribution in [0, 0.1) is 12.7 Å². The van der Waals surface area contributed by atoms with Gasteiger partial charge in [0.25, 0.3) is 0 Å². The van der Waals surface area contributed by atoms with Crippen LogP contribution in [-0.2, 0) is 0 Å². The Bertz CT molecular complexity index is 829. The van der Waals surface area contributed by atoms with Crippen molar-refractivity contribution in [3.8, 4) is 11.3 Å². The smallest absolute Gasteiger partial charge is 0.139 e. The van der Waals surface area contributed by atoms with Crippen molar-refractivity contribution < 1.29 is 4.39 Å². The molecule has 0 radical (unpaired) electrons. The molecule has 1 aromatic carbocycles. The molecule has 0 amide bonds. The molecule has 3 aromatic rings. The first-order valence-corrected chi connectivity index (χ1v) is 7.03. The number of hydrogen-bond donors (Lipinski definition) is 1. The lowest BCUT2D eigenvalue weighted by atomic mass is 10.1. The first kappa shape index (κ1) is 13.4. The molecule has 0 atom stereocenters. The molecule has 3 rings (SSSR count). The highest BCUT2D eigenvalue weighted by molar-refractivity contribution is 9.10. The van der Waals surface area contributed by atoms with Gasteiger partial charge in [-0.1, -0.05) is 11.6 Å². The fourth-order valence-electron chi connectivity index (χ4n) is 2.06. The highest BCUT2D eigenvalue weighted by Gasteiger charge is 2.15. The number of aryl methyl sites for hydroxylation is 1. The molecule has 0 aliphatic rings. The number of nitrogens with two attached hydrogens (primary N) is 1. The number of benzene rings is 1. The van der Waals surface area contributed by atoms with Crippen LogP contribution in [0.25, 0.3) is 16.9 Å². The molecule has 0 fully saturated rings. The van der Waals surface area contributed by atoms with E-state index in [4.69, 9.17) is 17.3 Å². The second-order valence-corrected chi connectivity index (χ2v) is 5.76. The molecule has 102 valence electrons. The average Bonchev–Trinajstić information content (AvgIpc) is 2.68. The Hall–Kier alpha value is -1.59. The van der Waals surface area contributed by atoms with E-state index in [0.29, 0.717) is 17.1 Å². The van der Waals surface area contributed by atoms with E-state index in [1.54, 1.807) is 10.5 Å². The minimum atomic E-state index is -0.389. The summed E-state index contributed by atoms with van der Waals surface area (Å²) in [5, 5.41) is 0.288. The topological polar surface area (TPSA) is 43.3 Å². The third kappa shape index (κ3) is 2.07. The Morgan fingerprint density at radius 1 is 1.35 bits per heavy atom. The standard InChI is InChI=1S/C14H10BrClFN3/c1-7-4-12-19-13(14(18)20(12)6-10(7)15)9-3-2-8(17)5-11(9)16/h2-6H,18H2,1H3. The molecule has 0 saturated carbocycles. The van der Waals surface area contributed by atoms with E-state index in [9.17, 15) is 4.39 Å². The number of imidazole rings is 1. The number of pyridine rings is 1. The first-order chi connectivity index (χ1) is 9.47. The van der Waals surface area contributed by atoms with Gasteiger partial charge in [0.1, 0.15) is 23.0 Å². The molecule has 0 bridgehead atoms. The van der Waals surface area contributed by atoms with Gasteiger partial charge in [0.2, 0.25) is 0 Å². The van der Waals surface area contributed by atoms with Gasteiger partial charge in [0, 0.05) is 16.2 Å². The van der Waals surface area contributed by atoms with Crippen LogP contribution in [-0.4, -0.2) is 9.38 Å². The summed E-state index contributed by atoms with van der Waals surface area (Å²) in [6.45, 7) is 1.97. The maximum absolute atomic E-state index is 13.1.